The van der Waals surface area contributed by atoms with E-state index in [2.05, 4.69) is 40.2 Å². The Morgan fingerprint density at radius 2 is 1.68 bits per heavy atom. The summed E-state index contributed by atoms with van der Waals surface area (Å²) in [6.07, 6.45) is 10.4. The van der Waals surface area contributed by atoms with Crippen LogP contribution in [-0.4, -0.2) is 0 Å². The molecular weight excluding hydrogens is 300 g/mol. The lowest BCUT2D eigenvalue weighted by Crippen LogP contribution is -2.04. The number of benzene rings is 1. The van der Waals surface area contributed by atoms with E-state index in [9.17, 15) is 0 Å². The molecule has 1 heterocycles. The van der Waals surface area contributed by atoms with Crippen molar-refractivity contribution in [3.63, 3.8) is 0 Å². The molecule has 2 aromatic rings. The fraction of sp³-hybridized carbons (Fsp3) is 0.412. The van der Waals surface area contributed by atoms with Crippen LogP contribution in [0.4, 0.5) is 0 Å². The van der Waals surface area contributed by atoms with Gasteiger partial charge in [-0.3, -0.25) is 0 Å². The van der Waals surface area contributed by atoms with Crippen LogP contribution in [0.5, 0.6) is 0 Å². The van der Waals surface area contributed by atoms with Gasteiger partial charge < -0.3 is 4.42 Å². The second kappa shape index (κ2) is 5.96. The maximum atomic E-state index is 5.15. The summed E-state index contributed by atoms with van der Waals surface area (Å²) in [5.41, 5.74) is 3.97. The summed E-state index contributed by atoms with van der Waals surface area (Å²) in [6.45, 7) is 0. The molecule has 1 atom stereocenters. The number of furan rings is 1. The van der Waals surface area contributed by atoms with Crippen molar-refractivity contribution in [3.05, 3.63) is 59.5 Å². The summed E-state index contributed by atoms with van der Waals surface area (Å²) in [5.74, 6) is 0.783. The average molecular weight is 319 g/mol. The Balaban J connectivity index is 1.75. The highest BCUT2D eigenvalue weighted by atomic mass is 79.9. The molecule has 0 radical (unpaired) electrons. The van der Waals surface area contributed by atoms with Gasteiger partial charge in [0.2, 0.25) is 0 Å². The standard InChI is InChI=1S/C17H19BrO/c18-17(16-10-11-19-12-16)15-8-6-14(7-9-15)13-4-2-1-3-5-13/h6-13,17H,1-5H2. The summed E-state index contributed by atoms with van der Waals surface area (Å²) >= 11 is 3.73. The summed E-state index contributed by atoms with van der Waals surface area (Å²) < 4.78 is 5.15. The highest BCUT2D eigenvalue weighted by Crippen LogP contribution is 2.35. The molecule has 1 fully saturated rings. The minimum atomic E-state index is 0.228. The Morgan fingerprint density at radius 3 is 2.32 bits per heavy atom. The van der Waals surface area contributed by atoms with E-state index in [0.717, 1.165) is 5.92 Å². The molecule has 1 aromatic carbocycles. The molecule has 1 aromatic heterocycles. The second-order valence-corrected chi connectivity index (χ2v) is 6.34. The van der Waals surface area contributed by atoms with Crippen molar-refractivity contribution in [1.82, 2.24) is 0 Å². The van der Waals surface area contributed by atoms with Crippen molar-refractivity contribution >= 4 is 15.9 Å². The Hall–Kier alpha value is -1.02. The highest BCUT2D eigenvalue weighted by molar-refractivity contribution is 9.09. The van der Waals surface area contributed by atoms with Crippen LogP contribution in [0.1, 0.15) is 59.5 Å². The fourth-order valence-corrected chi connectivity index (χ4v) is 3.55. The number of hydrogen-bond donors (Lipinski definition) is 0. The van der Waals surface area contributed by atoms with E-state index in [-0.39, 0.29) is 4.83 Å². The van der Waals surface area contributed by atoms with Gasteiger partial charge in [-0.2, -0.15) is 0 Å². The van der Waals surface area contributed by atoms with E-state index in [1.54, 1.807) is 12.5 Å². The van der Waals surface area contributed by atoms with Gasteiger partial charge in [-0.05, 0) is 36.0 Å². The van der Waals surface area contributed by atoms with Crippen LogP contribution in [0.15, 0.2) is 47.3 Å². The van der Waals surface area contributed by atoms with Crippen LogP contribution >= 0.6 is 15.9 Å². The summed E-state index contributed by atoms with van der Waals surface area (Å²) in [5, 5.41) is 0. The molecule has 1 saturated carbocycles. The van der Waals surface area contributed by atoms with Crippen molar-refractivity contribution in [2.24, 2.45) is 0 Å². The lowest BCUT2D eigenvalue weighted by atomic mass is 9.84. The molecule has 0 spiro atoms. The van der Waals surface area contributed by atoms with Gasteiger partial charge in [0.25, 0.3) is 0 Å². The first kappa shape index (κ1) is 13.0. The zero-order chi connectivity index (χ0) is 13.1. The molecule has 1 aliphatic rings. The van der Waals surface area contributed by atoms with Crippen LogP contribution in [0.2, 0.25) is 0 Å². The minimum absolute atomic E-state index is 0.228. The van der Waals surface area contributed by atoms with Crippen molar-refractivity contribution in [1.29, 1.82) is 0 Å². The number of hydrogen-bond acceptors (Lipinski definition) is 1. The zero-order valence-electron chi connectivity index (χ0n) is 11.0. The highest BCUT2D eigenvalue weighted by Gasteiger charge is 2.16. The molecule has 1 nitrogen and oxygen atoms in total. The predicted octanol–water partition coefficient (Wildman–Crippen LogP) is 5.81. The number of rotatable bonds is 3. The molecular formula is C17H19BrO. The lowest BCUT2D eigenvalue weighted by Gasteiger charge is -2.22. The van der Waals surface area contributed by atoms with E-state index in [1.165, 1.54) is 48.8 Å². The summed E-state index contributed by atoms with van der Waals surface area (Å²) in [7, 11) is 0. The quantitative estimate of drug-likeness (QED) is 0.651. The molecule has 1 unspecified atom stereocenters. The molecule has 0 N–H and O–H groups in total. The van der Waals surface area contributed by atoms with E-state index < -0.39 is 0 Å². The van der Waals surface area contributed by atoms with Gasteiger partial charge in [0, 0.05) is 5.56 Å². The molecule has 0 aliphatic heterocycles. The number of alkyl halides is 1. The van der Waals surface area contributed by atoms with Gasteiger partial charge in [0.05, 0.1) is 17.4 Å². The van der Waals surface area contributed by atoms with Crippen LogP contribution in [-0.2, 0) is 0 Å². The van der Waals surface area contributed by atoms with E-state index in [4.69, 9.17) is 4.42 Å². The van der Waals surface area contributed by atoms with Crippen LogP contribution in [0.25, 0.3) is 0 Å². The first-order chi connectivity index (χ1) is 9.34. The molecule has 100 valence electrons. The van der Waals surface area contributed by atoms with Crippen LogP contribution < -0.4 is 0 Å². The topological polar surface area (TPSA) is 13.1 Å². The normalized spacial score (nSPS) is 18.4. The molecule has 0 bridgehead atoms. The first-order valence-corrected chi connectivity index (χ1v) is 8.02. The Bertz CT molecular complexity index is 495. The van der Waals surface area contributed by atoms with Gasteiger partial charge in [-0.1, -0.05) is 59.5 Å². The first-order valence-electron chi connectivity index (χ1n) is 7.10. The molecule has 0 amide bonds. The second-order valence-electron chi connectivity index (χ2n) is 5.42. The zero-order valence-corrected chi connectivity index (χ0v) is 12.6. The third kappa shape index (κ3) is 2.94. The van der Waals surface area contributed by atoms with Crippen molar-refractivity contribution < 1.29 is 4.42 Å². The monoisotopic (exact) mass is 318 g/mol. The summed E-state index contributed by atoms with van der Waals surface area (Å²) in [6, 6.07) is 11.1. The van der Waals surface area contributed by atoms with Gasteiger partial charge in [0.1, 0.15) is 0 Å². The summed E-state index contributed by atoms with van der Waals surface area (Å²) in [4.78, 5) is 0.228. The minimum Gasteiger partial charge on any atom is -0.472 e. The van der Waals surface area contributed by atoms with E-state index in [0.29, 0.717) is 0 Å². The van der Waals surface area contributed by atoms with Gasteiger partial charge in [-0.15, -0.1) is 0 Å². The smallest absolute Gasteiger partial charge is 0.0949 e. The molecule has 1 aliphatic carbocycles. The Morgan fingerprint density at radius 1 is 0.947 bits per heavy atom. The predicted molar refractivity (Wildman–Crippen MR) is 81.7 cm³/mol. The Labute approximate surface area is 123 Å². The van der Waals surface area contributed by atoms with Gasteiger partial charge in [0.15, 0.2) is 0 Å². The van der Waals surface area contributed by atoms with Crippen molar-refractivity contribution in [2.45, 2.75) is 42.8 Å². The van der Waals surface area contributed by atoms with Gasteiger partial charge in [-0.25, -0.2) is 0 Å². The van der Waals surface area contributed by atoms with Crippen LogP contribution in [0.3, 0.4) is 0 Å². The van der Waals surface area contributed by atoms with E-state index >= 15 is 0 Å². The van der Waals surface area contributed by atoms with Crippen molar-refractivity contribution in [2.75, 3.05) is 0 Å². The van der Waals surface area contributed by atoms with Crippen molar-refractivity contribution in [3.8, 4) is 0 Å². The van der Waals surface area contributed by atoms with Crippen LogP contribution in [0, 0.1) is 0 Å². The molecule has 2 heteroatoms. The fourth-order valence-electron chi connectivity index (χ4n) is 2.98. The Kier molecular flexibility index (Phi) is 4.07. The number of halogens is 1. The third-order valence-electron chi connectivity index (χ3n) is 4.14. The largest absolute Gasteiger partial charge is 0.472 e. The molecule has 0 saturated heterocycles. The maximum Gasteiger partial charge on any atom is 0.0949 e. The third-order valence-corrected chi connectivity index (χ3v) is 5.20. The van der Waals surface area contributed by atoms with Gasteiger partial charge >= 0.3 is 0 Å². The average Bonchev–Trinajstić information content (AvgIpc) is 3.02. The SMILES string of the molecule is BrC(c1ccc(C2CCCCC2)cc1)c1ccoc1. The van der Waals surface area contributed by atoms with E-state index in [1.807, 2.05) is 6.07 Å². The maximum absolute atomic E-state index is 5.15. The molecule has 19 heavy (non-hydrogen) atoms. The lowest BCUT2D eigenvalue weighted by molar-refractivity contribution is 0.443. The molecule has 3 rings (SSSR count).